The third kappa shape index (κ3) is 2.43. The molecule has 25 heavy (non-hydrogen) atoms. The van der Waals surface area contributed by atoms with Crippen LogP contribution in [0.1, 0.15) is 27.0 Å². The van der Waals surface area contributed by atoms with Gasteiger partial charge in [0.1, 0.15) is 5.75 Å². The number of carbonyl (C=O) groups excluding carboxylic acids is 1. The van der Waals surface area contributed by atoms with Crippen molar-refractivity contribution in [3.8, 4) is 5.75 Å². The molecule has 4 heteroatoms. The Kier molecular flexibility index (Phi) is 3.46. The number of aryl methyl sites for hydroxylation is 1. The fraction of sp³-hybridized carbons (Fsp3) is 0.0952. The number of primary amides is 1. The van der Waals surface area contributed by atoms with E-state index >= 15 is 0 Å². The lowest BCUT2D eigenvalue weighted by atomic mass is 9.96. The number of hydrogen-bond donors (Lipinski definition) is 3. The molecule has 0 bridgehead atoms. The molecule has 4 nitrogen and oxygen atoms in total. The number of aromatic amines is 1. The first-order valence-electron chi connectivity index (χ1n) is 8.16. The summed E-state index contributed by atoms with van der Waals surface area (Å²) in [5.74, 6) is -0.347. The summed E-state index contributed by atoms with van der Waals surface area (Å²) in [5.41, 5.74) is 10.9. The molecule has 3 aromatic carbocycles. The number of H-pyrrole nitrogens is 1. The van der Waals surface area contributed by atoms with Crippen molar-refractivity contribution in [1.82, 2.24) is 4.98 Å². The summed E-state index contributed by atoms with van der Waals surface area (Å²) in [4.78, 5) is 15.2. The van der Waals surface area contributed by atoms with Gasteiger partial charge < -0.3 is 15.8 Å². The standard InChI is InChI=1S/C21H18N2O2/c1-12-10-17(24)19-18-14(21(22)25)8-5-9-16(18)23-20(19)15(12)11-13-6-3-2-4-7-13/h2-10,23-24H,11H2,1H3,(H2,22,25). The van der Waals surface area contributed by atoms with Crippen molar-refractivity contribution in [2.45, 2.75) is 13.3 Å². The molecule has 0 saturated carbocycles. The minimum Gasteiger partial charge on any atom is -0.507 e. The number of hydrogen-bond acceptors (Lipinski definition) is 2. The second-order valence-electron chi connectivity index (χ2n) is 6.32. The summed E-state index contributed by atoms with van der Waals surface area (Å²) >= 11 is 0. The Hall–Kier alpha value is -3.27. The summed E-state index contributed by atoms with van der Waals surface area (Å²) in [6, 6.07) is 17.3. The van der Waals surface area contributed by atoms with Crippen molar-refractivity contribution >= 4 is 27.7 Å². The van der Waals surface area contributed by atoms with Gasteiger partial charge in [-0.15, -0.1) is 0 Å². The molecular weight excluding hydrogens is 312 g/mol. The minimum absolute atomic E-state index is 0.157. The topological polar surface area (TPSA) is 79.1 Å². The van der Waals surface area contributed by atoms with Crippen LogP contribution in [0.15, 0.2) is 54.6 Å². The number of nitrogens with two attached hydrogens (primary N) is 1. The minimum atomic E-state index is -0.504. The van der Waals surface area contributed by atoms with E-state index in [1.807, 2.05) is 31.2 Å². The molecule has 4 aromatic rings. The van der Waals surface area contributed by atoms with Gasteiger partial charge in [-0.2, -0.15) is 0 Å². The van der Waals surface area contributed by atoms with Gasteiger partial charge in [0.25, 0.3) is 0 Å². The van der Waals surface area contributed by atoms with E-state index in [9.17, 15) is 9.90 Å². The number of benzene rings is 3. The predicted octanol–water partition coefficient (Wildman–Crippen LogP) is 4.02. The lowest BCUT2D eigenvalue weighted by Crippen LogP contribution is -2.11. The number of phenolic OH excluding ortho intramolecular Hbond substituents is 1. The molecule has 0 spiro atoms. The van der Waals surface area contributed by atoms with E-state index in [1.165, 1.54) is 5.56 Å². The van der Waals surface area contributed by atoms with Crippen molar-refractivity contribution in [1.29, 1.82) is 0 Å². The van der Waals surface area contributed by atoms with Gasteiger partial charge >= 0.3 is 0 Å². The Morgan fingerprint density at radius 2 is 1.84 bits per heavy atom. The molecule has 0 aliphatic heterocycles. The van der Waals surface area contributed by atoms with Gasteiger partial charge in [0.15, 0.2) is 0 Å². The summed E-state index contributed by atoms with van der Waals surface area (Å²) < 4.78 is 0. The highest BCUT2D eigenvalue weighted by Gasteiger charge is 2.19. The van der Waals surface area contributed by atoms with E-state index in [1.54, 1.807) is 18.2 Å². The number of aromatic nitrogens is 1. The Labute approximate surface area is 144 Å². The van der Waals surface area contributed by atoms with Gasteiger partial charge in [0.05, 0.1) is 10.9 Å². The van der Waals surface area contributed by atoms with Crippen molar-refractivity contribution in [3.63, 3.8) is 0 Å². The van der Waals surface area contributed by atoms with Gasteiger partial charge in [0.2, 0.25) is 5.91 Å². The second kappa shape index (κ2) is 5.67. The number of carbonyl (C=O) groups is 1. The average Bonchev–Trinajstić information content (AvgIpc) is 2.99. The lowest BCUT2D eigenvalue weighted by Gasteiger charge is -2.10. The Bertz CT molecular complexity index is 1110. The SMILES string of the molecule is Cc1cc(O)c2c([nH]c3cccc(C(N)=O)c32)c1Cc1ccccc1. The second-order valence-corrected chi connectivity index (χ2v) is 6.32. The van der Waals surface area contributed by atoms with E-state index in [4.69, 9.17) is 5.73 Å². The number of nitrogens with one attached hydrogen (secondary N) is 1. The van der Waals surface area contributed by atoms with Crippen LogP contribution in [-0.2, 0) is 6.42 Å². The smallest absolute Gasteiger partial charge is 0.249 e. The van der Waals surface area contributed by atoms with Gasteiger partial charge in [-0.3, -0.25) is 4.79 Å². The van der Waals surface area contributed by atoms with Crippen LogP contribution in [0, 0.1) is 6.92 Å². The van der Waals surface area contributed by atoms with Crippen molar-refractivity contribution < 1.29 is 9.90 Å². The molecule has 1 heterocycles. The molecule has 4 rings (SSSR count). The van der Waals surface area contributed by atoms with Crippen LogP contribution in [0.25, 0.3) is 21.8 Å². The summed E-state index contributed by atoms with van der Waals surface area (Å²) in [7, 11) is 0. The quantitative estimate of drug-likeness (QED) is 0.530. The van der Waals surface area contributed by atoms with Crippen molar-refractivity contribution in [2.24, 2.45) is 5.73 Å². The van der Waals surface area contributed by atoms with Crippen LogP contribution in [0.4, 0.5) is 0 Å². The fourth-order valence-corrected chi connectivity index (χ4v) is 3.53. The molecule has 0 aliphatic rings. The number of amides is 1. The molecule has 0 saturated heterocycles. The van der Waals surface area contributed by atoms with Crippen LogP contribution < -0.4 is 5.73 Å². The molecule has 1 aromatic heterocycles. The highest BCUT2D eigenvalue weighted by atomic mass is 16.3. The first kappa shape index (κ1) is 15.3. The first-order chi connectivity index (χ1) is 12.1. The highest BCUT2D eigenvalue weighted by molar-refractivity contribution is 6.19. The number of phenols is 1. The molecule has 0 atom stereocenters. The largest absolute Gasteiger partial charge is 0.507 e. The molecule has 4 N–H and O–H groups in total. The van der Waals surface area contributed by atoms with Crippen molar-refractivity contribution in [3.05, 3.63) is 76.9 Å². The zero-order chi connectivity index (χ0) is 17.6. The Morgan fingerprint density at radius 3 is 2.56 bits per heavy atom. The summed E-state index contributed by atoms with van der Waals surface area (Å²) in [6.07, 6.45) is 0.738. The monoisotopic (exact) mass is 330 g/mol. The van der Waals surface area contributed by atoms with Crippen LogP contribution in [0.5, 0.6) is 5.75 Å². The molecule has 0 unspecified atom stereocenters. The third-order valence-electron chi connectivity index (χ3n) is 4.70. The van der Waals surface area contributed by atoms with E-state index in [0.717, 1.165) is 28.6 Å². The van der Waals surface area contributed by atoms with Crippen LogP contribution in [0.3, 0.4) is 0 Å². The van der Waals surface area contributed by atoms with E-state index in [0.29, 0.717) is 16.3 Å². The van der Waals surface area contributed by atoms with E-state index < -0.39 is 5.91 Å². The highest BCUT2D eigenvalue weighted by Crippen LogP contribution is 2.38. The summed E-state index contributed by atoms with van der Waals surface area (Å²) in [5, 5.41) is 11.9. The summed E-state index contributed by atoms with van der Waals surface area (Å²) in [6.45, 7) is 1.98. The maximum absolute atomic E-state index is 11.8. The average molecular weight is 330 g/mol. The predicted molar refractivity (Wildman–Crippen MR) is 100.0 cm³/mol. The molecule has 0 aliphatic carbocycles. The maximum Gasteiger partial charge on any atom is 0.249 e. The number of fused-ring (bicyclic) bond motifs is 3. The van der Waals surface area contributed by atoms with E-state index in [-0.39, 0.29) is 5.75 Å². The zero-order valence-electron chi connectivity index (χ0n) is 13.8. The maximum atomic E-state index is 11.8. The molecule has 0 fully saturated rings. The lowest BCUT2D eigenvalue weighted by molar-refractivity contribution is 0.100. The van der Waals surface area contributed by atoms with Gasteiger partial charge in [-0.05, 0) is 48.2 Å². The number of rotatable bonds is 3. The van der Waals surface area contributed by atoms with Gasteiger partial charge in [0, 0.05) is 16.5 Å². The van der Waals surface area contributed by atoms with Gasteiger partial charge in [-0.1, -0.05) is 36.4 Å². The van der Waals surface area contributed by atoms with Crippen LogP contribution >= 0.6 is 0 Å². The molecule has 1 amide bonds. The number of aromatic hydroxyl groups is 1. The Morgan fingerprint density at radius 1 is 1.08 bits per heavy atom. The molecule has 0 radical (unpaired) electrons. The van der Waals surface area contributed by atoms with Crippen LogP contribution in [0.2, 0.25) is 0 Å². The molecule has 124 valence electrons. The normalized spacial score (nSPS) is 11.2. The third-order valence-corrected chi connectivity index (χ3v) is 4.70. The first-order valence-corrected chi connectivity index (χ1v) is 8.16. The van der Waals surface area contributed by atoms with Crippen molar-refractivity contribution in [2.75, 3.05) is 0 Å². The Balaban J connectivity index is 2.06. The van der Waals surface area contributed by atoms with Gasteiger partial charge in [-0.25, -0.2) is 0 Å². The zero-order valence-corrected chi connectivity index (χ0v) is 13.8. The molecular formula is C21H18N2O2. The fourth-order valence-electron chi connectivity index (χ4n) is 3.53. The van der Waals surface area contributed by atoms with Crippen LogP contribution in [-0.4, -0.2) is 16.0 Å². The van der Waals surface area contributed by atoms with E-state index in [2.05, 4.69) is 17.1 Å².